The molecule has 1 atom stereocenters. The molecule has 0 saturated carbocycles. The van der Waals surface area contributed by atoms with Crippen molar-refractivity contribution in [1.29, 1.82) is 0 Å². The Morgan fingerprint density at radius 2 is 2.00 bits per heavy atom. The molecule has 7 nitrogen and oxygen atoms in total. The Hall–Kier alpha value is -2.54. The van der Waals surface area contributed by atoms with Crippen LogP contribution >= 0.6 is 11.6 Å². The summed E-state index contributed by atoms with van der Waals surface area (Å²) in [5, 5.41) is 4.60. The van der Waals surface area contributed by atoms with Crippen molar-refractivity contribution in [2.24, 2.45) is 11.8 Å². The van der Waals surface area contributed by atoms with Crippen molar-refractivity contribution < 1.29 is 14.4 Å². The monoisotopic (exact) mass is 458 g/mol. The zero-order valence-corrected chi connectivity index (χ0v) is 19.3. The van der Waals surface area contributed by atoms with E-state index in [2.05, 4.69) is 10.3 Å². The maximum absolute atomic E-state index is 12.9. The number of fused-ring (bicyclic) bond motifs is 1. The summed E-state index contributed by atoms with van der Waals surface area (Å²) < 4.78 is 0. The molecule has 1 unspecified atom stereocenters. The zero-order chi connectivity index (χ0) is 22.7. The molecule has 2 fully saturated rings. The van der Waals surface area contributed by atoms with Gasteiger partial charge in [-0.25, -0.2) is 0 Å². The number of aromatic nitrogens is 1. The van der Waals surface area contributed by atoms with Crippen molar-refractivity contribution in [3.8, 4) is 0 Å². The Labute approximate surface area is 193 Å². The summed E-state index contributed by atoms with van der Waals surface area (Å²) in [5.41, 5.74) is 1.47. The fourth-order valence-electron chi connectivity index (χ4n) is 4.79. The average molecular weight is 459 g/mol. The molecular formula is C24H31ClN4O3. The lowest BCUT2D eigenvalue weighted by atomic mass is 9.84. The summed E-state index contributed by atoms with van der Waals surface area (Å²) in [6.45, 7) is 5.42. The number of amides is 3. The zero-order valence-electron chi connectivity index (χ0n) is 18.5. The molecule has 8 heteroatoms. The van der Waals surface area contributed by atoms with Gasteiger partial charge < -0.3 is 20.1 Å². The molecule has 4 rings (SSSR count). The number of aromatic amines is 1. The number of hydrogen-bond donors (Lipinski definition) is 2. The van der Waals surface area contributed by atoms with Gasteiger partial charge in [-0.05, 0) is 55.9 Å². The Kier molecular flexibility index (Phi) is 7.04. The highest BCUT2D eigenvalue weighted by molar-refractivity contribution is 6.31. The van der Waals surface area contributed by atoms with Crippen LogP contribution in [0.15, 0.2) is 24.3 Å². The van der Waals surface area contributed by atoms with Crippen LogP contribution in [0.2, 0.25) is 5.02 Å². The smallest absolute Gasteiger partial charge is 0.270 e. The largest absolute Gasteiger partial charge is 0.356 e. The van der Waals surface area contributed by atoms with E-state index in [0.29, 0.717) is 43.3 Å². The topological polar surface area (TPSA) is 85.5 Å². The molecule has 32 heavy (non-hydrogen) atoms. The molecule has 0 bridgehead atoms. The van der Waals surface area contributed by atoms with Gasteiger partial charge in [0.2, 0.25) is 11.8 Å². The first-order valence-electron chi connectivity index (χ1n) is 11.6. The Bertz CT molecular complexity index is 996. The minimum Gasteiger partial charge on any atom is -0.356 e. The van der Waals surface area contributed by atoms with Crippen LogP contribution in [-0.2, 0) is 9.59 Å². The van der Waals surface area contributed by atoms with Gasteiger partial charge in [-0.15, -0.1) is 0 Å². The van der Waals surface area contributed by atoms with Gasteiger partial charge in [-0.3, -0.25) is 14.4 Å². The highest BCUT2D eigenvalue weighted by Crippen LogP contribution is 2.27. The average Bonchev–Trinajstić information content (AvgIpc) is 3.41. The van der Waals surface area contributed by atoms with Crippen molar-refractivity contribution in [2.45, 2.75) is 39.0 Å². The van der Waals surface area contributed by atoms with Crippen LogP contribution in [-0.4, -0.2) is 65.2 Å². The van der Waals surface area contributed by atoms with E-state index < -0.39 is 0 Å². The van der Waals surface area contributed by atoms with Crippen LogP contribution in [0.3, 0.4) is 0 Å². The number of hydrogen-bond acceptors (Lipinski definition) is 3. The van der Waals surface area contributed by atoms with Crippen molar-refractivity contribution in [3.05, 3.63) is 35.0 Å². The lowest BCUT2D eigenvalue weighted by Crippen LogP contribution is -2.43. The van der Waals surface area contributed by atoms with Crippen LogP contribution < -0.4 is 5.32 Å². The molecular weight excluding hydrogens is 428 g/mol. The third-order valence-corrected chi connectivity index (χ3v) is 7.07. The number of carbonyl (C=O) groups excluding carboxylic acids is 3. The fraction of sp³-hybridized carbons (Fsp3) is 0.542. The number of rotatable bonds is 7. The summed E-state index contributed by atoms with van der Waals surface area (Å²) in [7, 11) is 0. The Morgan fingerprint density at radius 1 is 1.22 bits per heavy atom. The maximum Gasteiger partial charge on any atom is 0.270 e. The minimum absolute atomic E-state index is 0.00987. The first-order valence-corrected chi connectivity index (χ1v) is 11.9. The highest BCUT2D eigenvalue weighted by Gasteiger charge is 2.30. The van der Waals surface area contributed by atoms with Gasteiger partial charge in [0.15, 0.2) is 0 Å². The molecule has 0 radical (unpaired) electrons. The van der Waals surface area contributed by atoms with Gasteiger partial charge in [0.05, 0.1) is 0 Å². The summed E-state index contributed by atoms with van der Waals surface area (Å²) in [6, 6.07) is 7.38. The number of piperidine rings is 1. The molecule has 2 N–H and O–H groups in total. The minimum atomic E-state index is -0.0871. The molecule has 0 aliphatic carbocycles. The number of halogens is 1. The molecule has 2 aliphatic rings. The Balaban J connectivity index is 1.22. The first-order chi connectivity index (χ1) is 15.4. The lowest BCUT2D eigenvalue weighted by molar-refractivity contribution is -0.127. The number of H-pyrrole nitrogens is 1. The van der Waals surface area contributed by atoms with E-state index in [9.17, 15) is 14.4 Å². The van der Waals surface area contributed by atoms with Gasteiger partial charge in [0.1, 0.15) is 5.69 Å². The van der Waals surface area contributed by atoms with E-state index in [1.165, 1.54) is 0 Å². The second kappa shape index (κ2) is 9.94. The highest BCUT2D eigenvalue weighted by atomic mass is 35.5. The number of carbonyl (C=O) groups is 3. The maximum atomic E-state index is 12.9. The van der Waals surface area contributed by atoms with Gasteiger partial charge in [-0.1, -0.05) is 18.5 Å². The summed E-state index contributed by atoms with van der Waals surface area (Å²) in [6.07, 6.45) is 4.01. The van der Waals surface area contributed by atoms with E-state index in [-0.39, 0.29) is 29.6 Å². The van der Waals surface area contributed by atoms with E-state index >= 15 is 0 Å². The van der Waals surface area contributed by atoms with Crippen molar-refractivity contribution in [2.75, 3.05) is 32.7 Å². The Morgan fingerprint density at radius 3 is 2.72 bits per heavy atom. The molecule has 3 heterocycles. The third kappa shape index (κ3) is 5.09. The predicted molar refractivity (Wildman–Crippen MR) is 125 cm³/mol. The summed E-state index contributed by atoms with van der Waals surface area (Å²) in [5.74, 6) is 0.457. The van der Waals surface area contributed by atoms with Gasteiger partial charge in [0, 0.05) is 61.0 Å². The van der Waals surface area contributed by atoms with E-state index in [1.807, 2.05) is 34.9 Å². The predicted octanol–water partition coefficient (Wildman–Crippen LogP) is 3.44. The van der Waals surface area contributed by atoms with Gasteiger partial charge in [0.25, 0.3) is 5.91 Å². The quantitative estimate of drug-likeness (QED) is 0.623. The SMILES string of the molecule is CC(C(=O)NCCCN1CCCC1=O)C1CCN(C(=O)c2cc3cc(Cl)ccc3[nH]2)CC1. The molecule has 3 amide bonds. The van der Waals surface area contributed by atoms with Crippen LogP contribution in [0, 0.1) is 11.8 Å². The number of benzene rings is 1. The number of nitrogens with zero attached hydrogens (tertiary/aromatic N) is 2. The number of likely N-dealkylation sites (tertiary alicyclic amines) is 2. The standard InChI is InChI=1S/C24H31ClN4O3/c1-16(23(31)26-9-3-11-28-10-2-4-22(28)30)17-7-12-29(13-8-17)24(32)21-15-18-14-19(25)5-6-20(18)27-21/h5-6,14-17,27H,2-4,7-13H2,1H3,(H,26,31). The number of nitrogens with one attached hydrogen (secondary N) is 2. The molecule has 172 valence electrons. The van der Waals surface area contributed by atoms with E-state index in [1.54, 1.807) is 6.07 Å². The van der Waals surface area contributed by atoms with Crippen LogP contribution in [0.4, 0.5) is 0 Å². The van der Waals surface area contributed by atoms with Crippen molar-refractivity contribution in [1.82, 2.24) is 20.1 Å². The second-order valence-corrected chi connectivity index (χ2v) is 9.40. The third-order valence-electron chi connectivity index (χ3n) is 6.84. The molecule has 2 aliphatic heterocycles. The van der Waals surface area contributed by atoms with E-state index in [4.69, 9.17) is 11.6 Å². The molecule has 2 saturated heterocycles. The van der Waals surface area contributed by atoms with Crippen LogP contribution in [0.25, 0.3) is 10.9 Å². The molecule has 0 spiro atoms. The van der Waals surface area contributed by atoms with Gasteiger partial charge in [-0.2, -0.15) is 0 Å². The van der Waals surface area contributed by atoms with Crippen molar-refractivity contribution >= 4 is 40.2 Å². The molecule has 1 aromatic heterocycles. The van der Waals surface area contributed by atoms with Crippen molar-refractivity contribution in [3.63, 3.8) is 0 Å². The summed E-state index contributed by atoms with van der Waals surface area (Å²) >= 11 is 6.05. The fourth-order valence-corrected chi connectivity index (χ4v) is 4.97. The van der Waals surface area contributed by atoms with Crippen LogP contribution in [0.1, 0.15) is 49.5 Å². The molecule has 1 aromatic carbocycles. The van der Waals surface area contributed by atoms with Gasteiger partial charge >= 0.3 is 0 Å². The van der Waals surface area contributed by atoms with Crippen LogP contribution in [0.5, 0.6) is 0 Å². The second-order valence-electron chi connectivity index (χ2n) is 8.96. The summed E-state index contributed by atoms with van der Waals surface area (Å²) in [4.78, 5) is 44.1. The first kappa shape index (κ1) is 22.6. The normalized spacial score (nSPS) is 18.4. The van der Waals surface area contributed by atoms with E-state index in [0.717, 1.165) is 43.1 Å². The molecule has 2 aromatic rings. The lowest BCUT2D eigenvalue weighted by Gasteiger charge is -2.34.